The van der Waals surface area contributed by atoms with E-state index in [9.17, 15) is 22.3 Å². The van der Waals surface area contributed by atoms with E-state index in [0.717, 1.165) is 32.1 Å². The van der Waals surface area contributed by atoms with Gasteiger partial charge in [-0.05, 0) is 43.9 Å². The highest BCUT2D eigenvalue weighted by molar-refractivity contribution is 7.86. The monoisotopic (exact) mass is 328 g/mol. The molecule has 2 bridgehead atoms. The summed E-state index contributed by atoms with van der Waals surface area (Å²) in [5.74, 6) is 0.704. The lowest BCUT2D eigenvalue weighted by atomic mass is 9.65. The van der Waals surface area contributed by atoms with E-state index in [1.54, 1.807) is 0 Å². The molecule has 5 nitrogen and oxygen atoms in total. The first kappa shape index (κ1) is 17.1. The van der Waals surface area contributed by atoms with Gasteiger partial charge in [0.25, 0.3) is 0 Å². The van der Waals surface area contributed by atoms with E-state index in [1.807, 2.05) is 0 Å². The van der Waals surface area contributed by atoms with Crippen molar-refractivity contribution < 1.29 is 31.6 Å². The molecular formula is C13H22F2O5S. The Morgan fingerprint density at radius 1 is 1.33 bits per heavy atom. The fraction of sp³-hybridized carbons (Fsp3) is 1.00. The lowest BCUT2D eigenvalue weighted by Gasteiger charge is -2.45. The molecule has 0 aromatic heterocycles. The molecule has 8 heteroatoms. The van der Waals surface area contributed by atoms with Crippen molar-refractivity contribution >= 4 is 10.1 Å². The van der Waals surface area contributed by atoms with E-state index in [2.05, 4.69) is 0 Å². The summed E-state index contributed by atoms with van der Waals surface area (Å²) < 4.78 is 59.8. The minimum atomic E-state index is -5.43. The minimum absolute atomic E-state index is 0.00141. The van der Waals surface area contributed by atoms with Crippen LogP contribution < -0.4 is 0 Å². The first-order valence-corrected chi connectivity index (χ1v) is 8.70. The van der Waals surface area contributed by atoms with E-state index < -0.39 is 27.6 Å². The van der Waals surface area contributed by atoms with Gasteiger partial charge in [-0.15, -0.1) is 0 Å². The molecule has 2 rings (SSSR count). The van der Waals surface area contributed by atoms with Gasteiger partial charge in [0, 0.05) is 6.61 Å². The summed E-state index contributed by atoms with van der Waals surface area (Å²) in [6.07, 6.45) is 5.88. The number of hydrogen-bond donors (Lipinski definition) is 2. The molecule has 0 saturated heterocycles. The Morgan fingerprint density at radius 3 is 2.67 bits per heavy atom. The van der Waals surface area contributed by atoms with Crippen molar-refractivity contribution in [2.45, 2.75) is 55.8 Å². The second-order valence-corrected chi connectivity index (χ2v) is 7.99. The second-order valence-electron chi connectivity index (χ2n) is 6.45. The summed E-state index contributed by atoms with van der Waals surface area (Å²) in [7, 11) is -5.43. The van der Waals surface area contributed by atoms with Crippen LogP contribution in [0.2, 0.25) is 0 Å². The highest BCUT2D eigenvalue weighted by Crippen LogP contribution is 2.46. The van der Waals surface area contributed by atoms with Crippen LogP contribution in [0.5, 0.6) is 0 Å². The highest BCUT2D eigenvalue weighted by atomic mass is 32.2. The topological polar surface area (TPSA) is 83.8 Å². The van der Waals surface area contributed by atoms with Crippen LogP contribution >= 0.6 is 0 Å². The molecule has 3 atom stereocenters. The van der Waals surface area contributed by atoms with Gasteiger partial charge in [0.05, 0.1) is 5.60 Å². The van der Waals surface area contributed by atoms with Gasteiger partial charge in [0.2, 0.25) is 0 Å². The summed E-state index contributed by atoms with van der Waals surface area (Å²) in [6, 6.07) is 0. The van der Waals surface area contributed by atoms with E-state index in [1.165, 1.54) is 0 Å². The maximum atomic E-state index is 12.9. The Hall–Kier alpha value is -0.310. The number of halogens is 2. The number of ether oxygens (including phenoxy) is 1. The predicted octanol–water partition coefficient (Wildman–Crippen LogP) is 2.21. The van der Waals surface area contributed by atoms with E-state index in [-0.39, 0.29) is 12.5 Å². The lowest BCUT2D eigenvalue weighted by molar-refractivity contribution is -0.0753. The third-order valence-corrected chi connectivity index (χ3v) is 5.45. The van der Waals surface area contributed by atoms with E-state index >= 15 is 0 Å². The highest BCUT2D eigenvalue weighted by Gasteiger charge is 2.45. The van der Waals surface area contributed by atoms with Gasteiger partial charge in [-0.3, -0.25) is 4.55 Å². The molecule has 124 valence electrons. The van der Waals surface area contributed by atoms with Gasteiger partial charge in [0.15, 0.2) is 0 Å². The Balaban J connectivity index is 1.75. The first-order valence-electron chi connectivity index (χ1n) is 7.26. The summed E-state index contributed by atoms with van der Waals surface area (Å²) in [4.78, 5) is 0. The summed E-state index contributed by atoms with van der Waals surface area (Å²) in [6.45, 7) is -1.34. The number of rotatable bonds is 6. The molecule has 2 aliphatic rings. The minimum Gasteiger partial charge on any atom is -0.390 e. The average Bonchev–Trinajstić information content (AvgIpc) is 2.32. The fourth-order valence-corrected chi connectivity index (χ4v) is 3.91. The van der Waals surface area contributed by atoms with E-state index in [4.69, 9.17) is 9.29 Å². The average molecular weight is 328 g/mol. The van der Waals surface area contributed by atoms with Crippen molar-refractivity contribution in [1.82, 2.24) is 0 Å². The van der Waals surface area contributed by atoms with Crippen LogP contribution in [0, 0.1) is 11.8 Å². The molecule has 0 radical (unpaired) electrons. The molecule has 0 aromatic carbocycles. The van der Waals surface area contributed by atoms with Gasteiger partial charge in [0.1, 0.15) is 6.61 Å². The van der Waals surface area contributed by atoms with Crippen LogP contribution in [0.15, 0.2) is 0 Å². The molecule has 0 spiro atoms. The number of hydrogen-bond acceptors (Lipinski definition) is 4. The van der Waals surface area contributed by atoms with Gasteiger partial charge < -0.3 is 9.84 Å². The third-order valence-electron chi connectivity index (χ3n) is 4.58. The quantitative estimate of drug-likeness (QED) is 0.577. The zero-order valence-electron chi connectivity index (χ0n) is 11.8. The van der Waals surface area contributed by atoms with Gasteiger partial charge in [-0.25, -0.2) is 0 Å². The number of fused-ring (bicyclic) bond motifs is 2. The largest absolute Gasteiger partial charge is 0.392 e. The molecule has 0 amide bonds. The van der Waals surface area contributed by atoms with Crippen LogP contribution in [0.3, 0.4) is 0 Å². The molecule has 2 fully saturated rings. The van der Waals surface area contributed by atoms with E-state index in [0.29, 0.717) is 18.8 Å². The molecule has 3 unspecified atom stereocenters. The Labute approximate surface area is 123 Å². The molecule has 0 aromatic rings. The molecule has 21 heavy (non-hydrogen) atoms. The molecular weight excluding hydrogens is 306 g/mol. The van der Waals surface area contributed by atoms with Gasteiger partial charge >= 0.3 is 15.4 Å². The molecule has 0 aliphatic heterocycles. The van der Waals surface area contributed by atoms with Crippen molar-refractivity contribution in [3.63, 3.8) is 0 Å². The SMILES string of the molecule is O=S(=O)(O)C(F)(F)COCCC1CC2CCCC(O)(C2)C1. The van der Waals surface area contributed by atoms with Crippen molar-refractivity contribution in [2.24, 2.45) is 11.8 Å². The summed E-state index contributed by atoms with van der Waals surface area (Å²) in [5, 5.41) is 6.12. The van der Waals surface area contributed by atoms with Crippen molar-refractivity contribution in [1.29, 1.82) is 0 Å². The van der Waals surface area contributed by atoms with Gasteiger partial charge in [-0.2, -0.15) is 17.2 Å². The molecule has 2 saturated carbocycles. The standard InChI is InChI=1S/C13H22F2O5S/c14-13(15,21(17,18)19)9-20-5-3-11-6-10-2-1-4-12(16,7-10)8-11/h10-11,16H,1-9H2,(H,17,18,19). The maximum absolute atomic E-state index is 12.9. The molecule has 2 N–H and O–H groups in total. The van der Waals surface area contributed by atoms with Crippen LogP contribution in [-0.4, -0.2) is 42.1 Å². The Kier molecular flexibility index (Phi) is 4.92. The zero-order chi connectivity index (χ0) is 15.7. The van der Waals surface area contributed by atoms with Crippen LogP contribution in [-0.2, 0) is 14.9 Å². The predicted molar refractivity (Wildman–Crippen MR) is 71.6 cm³/mol. The summed E-state index contributed by atoms with van der Waals surface area (Å²) >= 11 is 0. The van der Waals surface area contributed by atoms with Crippen LogP contribution in [0.1, 0.15) is 44.9 Å². The van der Waals surface area contributed by atoms with Crippen LogP contribution in [0.4, 0.5) is 8.78 Å². The smallest absolute Gasteiger partial charge is 0.390 e. The maximum Gasteiger partial charge on any atom is 0.392 e. The summed E-state index contributed by atoms with van der Waals surface area (Å²) in [5.41, 5.74) is -0.621. The first-order chi connectivity index (χ1) is 9.61. The molecule has 0 heterocycles. The zero-order valence-corrected chi connectivity index (χ0v) is 12.6. The number of alkyl halides is 2. The Bertz CT molecular complexity index is 467. The second kappa shape index (κ2) is 6.06. The normalized spacial score (nSPS) is 33.9. The fourth-order valence-electron chi connectivity index (χ4n) is 3.68. The van der Waals surface area contributed by atoms with Crippen molar-refractivity contribution in [2.75, 3.05) is 13.2 Å². The molecule has 2 aliphatic carbocycles. The lowest BCUT2D eigenvalue weighted by Crippen LogP contribution is -2.42. The number of aliphatic hydroxyl groups is 1. The van der Waals surface area contributed by atoms with Gasteiger partial charge in [-0.1, -0.05) is 12.8 Å². The Morgan fingerprint density at radius 2 is 2.05 bits per heavy atom. The van der Waals surface area contributed by atoms with Crippen molar-refractivity contribution in [3.8, 4) is 0 Å². The van der Waals surface area contributed by atoms with Crippen molar-refractivity contribution in [3.05, 3.63) is 0 Å². The third kappa shape index (κ3) is 4.34. The van der Waals surface area contributed by atoms with Crippen LogP contribution in [0.25, 0.3) is 0 Å².